The number of aromatic nitrogens is 1. The molecule has 3 rings (SSSR count). The standard InChI is InChI=1S/C16H18N2O2/c1-9-6-10(2)15-11(16(19)20)8-13(18-14(15)7-9)12-4-3-5-17-12/h6-8,12,17H,3-5H2,1-2H3,(H,19,20). The summed E-state index contributed by atoms with van der Waals surface area (Å²) in [6.07, 6.45) is 2.13. The Balaban J connectivity index is 2.27. The lowest BCUT2D eigenvalue weighted by molar-refractivity contribution is 0.0698. The van der Waals surface area contributed by atoms with E-state index in [1.165, 1.54) is 0 Å². The van der Waals surface area contributed by atoms with E-state index in [1.54, 1.807) is 6.07 Å². The van der Waals surface area contributed by atoms with Crippen LogP contribution in [0.15, 0.2) is 18.2 Å². The van der Waals surface area contributed by atoms with Gasteiger partial charge < -0.3 is 10.4 Å². The molecule has 1 unspecified atom stereocenters. The van der Waals surface area contributed by atoms with E-state index in [-0.39, 0.29) is 6.04 Å². The van der Waals surface area contributed by atoms with Crippen LogP contribution in [-0.4, -0.2) is 22.6 Å². The topological polar surface area (TPSA) is 62.2 Å². The second-order valence-corrected chi connectivity index (χ2v) is 5.52. The zero-order valence-corrected chi connectivity index (χ0v) is 11.7. The summed E-state index contributed by atoms with van der Waals surface area (Å²) in [6.45, 7) is 4.92. The third-order valence-electron chi connectivity index (χ3n) is 3.92. The summed E-state index contributed by atoms with van der Waals surface area (Å²) in [4.78, 5) is 16.3. The van der Waals surface area contributed by atoms with Crippen LogP contribution in [0.2, 0.25) is 0 Å². The Kier molecular flexibility index (Phi) is 3.18. The smallest absolute Gasteiger partial charge is 0.336 e. The number of carboxylic acids is 1. The number of benzene rings is 1. The zero-order chi connectivity index (χ0) is 14.3. The molecule has 1 fully saturated rings. The number of hydrogen-bond acceptors (Lipinski definition) is 3. The van der Waals surface area contributed by atoms with Gasteiger partial charge in [0.1, 0.15) is 0 Å². The largest absolute Gasteiger partial charge is 0.478 e. The van der Waals surface area contributed by atoms with E-state index in [2.05, 4.69) is 5.32 Å². The third kappa shape index (κ3) is 2.16. The first-order valence-corrected chi connectivity index (χ1v) is 6.95. The molecular weight excluding hydrogens is 252 g/mol. The molecule has 104 valence electrons. The number of pyridine rings is 1. The molecule has 1 aromatic carbocycles. The van der Waals surface area contributed by atoms with Gasteiger partial charge in [0, 0.05) is 11.4 Å². The molecule has 2 heterocycles. The highest BCUT2D eigenvalue weighted by Gasteiger charge is 2.21. The van der Waals surface area contributed by atoms with Crippen molar-refractivity contribution < 1.29 is 9.90 Å². The van der Waals surface area contributed by atoms with E-state index in [0.717, 1.165) is 47.1 Å². The van der Waals surface area contributed by atoms with Crippen molar-refractivity contribution >= 4 is 16.9 Å². The Morgan fingerprint density at radius 3 is 2.80 bits per heavy atom. The quantitative estimate of drug-likeness (QED) is 0.880. The maximum absolute atomic E-state index is 11.6. The number of aryl methyl sites for hydroxylation is 2. The Bertz CT molecular complexity index is 688. The SMILES string of the molecule is Cc1cc(C)c2c(C(=O)O)cc(C3CCCN3)nc2c1. The van der Waals surface area contributed by atoms with Gasteiger partial charge in [-0.3, -0.25) is 4.98 Å². The van der Waals surface area contributed by atoms with Crippen molar-refractivity contribution in [2.75, 3.05) is 6.54 Å². The number of hydrogen-bond donors (Lipinski definition) is 2. The molecule has 1 aliphatic heterocycles. The Labute approximate surface area is 117 Å². The molecule has 1 saturated heterocycles. The molecule has 1 aromatic heterocycles. The van der Waals surface area contributed by atoms with E-state index in [0.29, 0.717) is 5.56 Å². The number of nitrogens with one attached hydrogen (secondary N) is 1. The summed E-state index contributed by atoms with van der Waals surface area (Å²) in [5, 5.41) is 13.6. The Hall–Kier alpha value is -1.94. The van der Waals surface area contributed by atoms with E-state index >= 15 is 0 Å². The molecule has 0 radical (unpaired) electrons. The molecule has 0 saturated carbocycles. The van der Waals surface area contributed by atoms with E-state index in [9.17, 15) is 9.90 Å². The molecule has 2 aromatic rings. The van der Waals surface area contributed by atoms with Gasteiger partial charge in [-0.25, -0.2) is 4.79 Å². The van der Waals surface area contributed by atoms with Crippen molar-refractivity contribution in [3.8, 4) is 0 Å². The van der Waals surface area contributed by atoms with Gasteiger partial charge in [0.25, 0.3) is 0 Å². The minimum Gasteiger partial charge on any atom is -0.478 e. The molecule has 0 bridgehead atoms. The van der Waals surface area contributed by atoms with Crippen LogP contribution in [-0.2, 0) is 0 Å². The van der Waals surface area contributed by atoms with Crippen LogP contribution in [0.1, 0.15) is 46.1 Å². The van der Waals surface area contributed by atoms with E-state index in [1.807, 2.05) is 26.0 Å². The first kappa shape index (κ1) is 13.1. The zero-order valence-electron chi connectivity index (χ0n) is 11.7. The molecule has 2 N–H and O–H groups in total. The van der Waals surface area contributed by atoms with Crippen molar-refractivity contribution in [2.45, 2.75) is 32.7 Å². The lowest BCUT2D eigenvalue weighted by atomic mass is 9.99. The van der Waals surface area contributed by atoms with Crippen LogP contribution < -0.4 is 5.32 Å². The maximum Gasteiger partial charge on any atom is 0.336 e. The predicted molar refractivity (Wildman–Crippen MR) is 78.2 cm³/mol. The molecule has 0 spiro atoms. The van der Waals surface area contributed by atoms with Crippen LogP contribution in [0.25, 0.3) is 10.9 Å². The minimum atomic E-state index is -0.886. The van der Waals surface area contributed by atoms with E-state index in [4.69, 9.17) is 4.98 Å². The third-order valence-corrected chi connectivity index (χ3v) is 3.92. The fourth-order valence-electron chi connectivity index (χ4n) is 3.06. The van der Waals surface area contributed by atoms with Crippen molar-refractivity contribution in [2.24, 2.45) is 0 Å². The number of carboxylic acid groups (broad SMARTS) is 1. The Morgan fingerprint density at radius 1 is 1.35 bits per heavy atom. The van der Waals surface area contributed by atoms with E-state index < -0.39 is 5.97 Å². The molecule has 0 amide bonds. The van der Waals surface area contributed by atoms with Crippen LogP contribution in [0.5, 0.6) is 0 Å². The molecule has 4 heteroatoms. The first-order chi connectivity index (χ1) is 9.56. The summed E-state index contributed by atoms with van der Waals surface area (Å²) < 4.78 is 0. The highest BCUT2D eigenvalue weighted by atomic mass is 16.4. The van der Waals surface area contributed by atoms with Crippen LogP contribution >= 0.6 is 0 Å². The van der Waals surface area contributed by atoms with Gasteiger partial charge in [-0.15, -0.1) is 0 Å². The Morgan fingerprint density at radius 2 is 2.15 bits per heavy atom. The van der Waals surface area contributed by atoms with Gasteiger partial charge in [0.15, 0.2) is 0 Å². The normalized spacial score (nSPS) is 18.6. The lowest BCUT2D eigenvalue weighted by Crippen LogP contribution is -2.15. The van der Waals surface area contributed by atoms with Gasteiger partial charge in [0.2, 0.25) is 0 Å². The molecule has 4 nitrogen and oxygen atoms in total. The number of fused-ring (bicyclic) bond motifs is 1. The summed E-state index contributed by atoms with van der Waals surface area (Å²) in [5.41, 5.74) is 4.06. The number of aromatic carboxylic acids is 1. The highest BCUT2D eigenvalue weighted by Crippen LogP contribution is 2.28. The average molecular weight is 270 g/mol. The van der Waals surface area contributed by atoms with Crippen molar-refractivity contribution in [1.82, 2.24) is 10.3 Å². The fraction of sp³-hybridized carbons (Fsp3) is 0.375. The van der Waals surface area contributed by atoms with Gasteiger partial charge in [-0.05, 0) is 56.5 Å². The van der Waals surface area contributed by atoms with Crippen molar-refractivity contribution in [3.05, 3.63) is 40.6 Å². The van der Waals surface area contributed by atoms with Gasteiger partial charge in [0.05, 0.1) is 16.8 Å². The predicted octanol–water partition coefficient (Wildman–Crippen LogP) is 2.97. The number of carbonyl (C=O) groups is 1. The molecule has 1 atom stereocenters. The van der Waals surface area contributed by atoms with Crippen molar-refractivity contribution in [1.29, 1.82) is 0 Å². The second-order valence-electron chi connectivity index (χ2n) is 5.52. The molecular formula is C16H18N2O2. The summed E-state index contributed by atoms with van der Waals surface area (Å²) >= 11 is 0. The summed E-state index contributed by atoms with van der Waals surface area (Å²) in [6, 6.07) is 5.88. The van der Waals surface area contributed by atoms with Crippen LogP contribution in [0.4, 0.5) is 0 Å². The average Bonchev–Trinajstić information content (AvgIpc) is 2.90. The van der Waals surface area contributed by atoms with Gasteiger partial charge in [-0.2, -0.15) is 0 Å². The number of nitrogens with zero attached hydrogens (tertiary/aromatic N) is 1. The molecule has 0 aliphatic carbocycles. The highest BCUT2D eigenvalue weighted by molar-refractivity contribution is 6.04. The van der Waals surface area contributed by atoms with Crippen LogP contribution in [0, 0.1) is 13.8 Å². The second kappa shape index (κ2) is 4.87. The monoisotopic (exact) mass is 270 g/mol. The van der Waals surface area contributed by atoms with Gasteiger partial charge in [-0.1, -0.05) is 6.07 Å². The fourth-order valence-corrected chi connectivity index (χ4v) is 3.06. The number of rotatable bonds is 2. The van der Waals surface area contributed by atoms with Gasteiger partial charge >= 0.3 is 5.97 Å². The van der Waals surface area contributed by atoms with Crippen molar-refractivity contribution in [3.63, 3.8) is 0 Å². The molecule has 1 aliphatic rings. The molecule has 20 heavy (non-hydrogen) atoms. The lowest BCUT2D eigenvalue weighted by Gasteiger charge is -2.14. The summed E-state index contributed by atoms with van der Waals surface area (Å²) in [7, 11) is 0. The first-order valence-electron chi connectivity index (χ1n) is 6.95. The minimum absolute atomic E-state index is 0.179. The summed E-state index contributed by atoms with van der Waals surface area (Å²) in [5.74, 6) is -0.886. The van der Waals surface area contributed by atoms with Crippen LogP contribution in [0.3, 0.4) is 0 Å². The maximum atomic E-state index is 11.6.